The van der Waals surface area contributed by atoms with Gasteiger partial charge in [0.05, 0.1) is 18.7 Å². The van der Waals surface area contributed by atoms with Crippen molar-refractivity contribution in [1.29, 1.82) is 0 Å². The van der Waals surface area contributed by atoms with Crippen LogP contribution >= 0.6 is 0 Å². The van der Waals surface area contributed by atoms with E-state index in [1.807, 2.05) is 6.92 Å². The summed E-state index contributed by atoms with van der Waals surface area (Å²) in [6, 6.07) is 0. The molecule has 0 aliphatic heterocycles. The van der Waals surface area contributed by atoms with Crippen molar-refractivity contribution in [1.82, 2.24) is 0 Å². The third-order valence-corrected chi connectivity index (χ3v) is 13.7. The maximum atomic E-state index is 12.2. The molecule has 0 aromatic rings. The van der Waals surface area contributed by atoms with Crippen LogP contribution in [-0.2, 0) is 14.3 Å². The Kier molecular flexibility index (Phi) is 9.60. The number of carbonyl (C=O) groups excluding carboxylic acids is 2. The van der Waals surface area contributed by atoms with E-state index in [0.717, 1.165) is 44.9 Å². The number of fused-ring (bicyclic) bond motifs is 7. The zero-order valence-corrected chi connectivity index (χ0v) is 30.2. The van der Waals surface area contributed by atoms with Crippen LogP contribution in [0.5, 0.6) is 0 Å². The van der Waals surface area contributed by atoms with Gasteiger partial charge in [0, 0.05) is 11.4 Å². The van der Waals surface area contributed by atoms with Gasteiger partial charge in [-0.15, -0.1) is 0 Å². The Morgan fingerprint density at radius 2 is 1.51 bits per heavy atom. The van der Waals surface area contributed by atoms with Gasteiger partial charge >= 0.3 is 59.1 Å². The molecule has 0 aromatic carbocycles. The van der Waals surface area contributed by atoms with Crippen LogP contribution in [-0.4, -0.2) is 24.6 Å². The van der Waals surface area contributed by atoms with Gasteiger partial charge in [-0.3, -0.25) is 0 Å². The molecule has 0 heterocycles. The fourth-order valence-electron chi connectivity index (χ4n) is 11.0. The monoisotopic (exact) mass is 558 g/mol. The number of hydrogen-bond donors (Lipinski definition) is 0. The van der Waals surface area contributed by atoms with Crippen LogP contribution in [0.3, 0.4) is 0 Å². The van der Waals surface area contributed by atoms with Gasteiger partial charge in [0.15, 0.2) is 0 Å². The van der Waals surface area contributed by atoms with Gasteiger partial charge in [-0.1, -0.05) is 60.1 Å². The van der Waals surface area contributed by atoms with E-state index in [9.17, 15) is 19.8 Å². The Labute approximate surface area is 280 Å². The second-order valence-corrected chi connectivity index (χ2v) is 15.6. The van der Waals surface area contributed by atoms with Crippen molar-refractivity contribution in [2.24, 2.45) is 50.2 Å². The molecular formula is C32H48Na2O5. The first-order valence-electron chi connectivity index (χ1n) is 14.8. The number of allylic oxidation sites excluding steroid dienone is 2. The number of carbonyl (C=O) groups is 2. The van der Waals surface area contributed by atoms with Crippen LogP contribution in [0, 0.1) is 50.2 Å². The molecule has 5 aliphatic rings. The van der Waals surface area contributed by atoms with E-state index in [2.05, 4.69) is 47.6 Å². The quantitative estimate of drug-likeness (QED) is 0.316. The molecule has 0 aromatic heterocycles. The fraction of sp³-hybridized carbons (Fsp3) is 0.875. The molecule has 5 aliphatic carbocycles. The standard InChI is InChI=1S/C32H50O5.2Na/c1-27(2)22-10-13-32(7)23(30(22,5)12-11-24(27)37-19-25(33)34)9-8-20-21-18-29(4,26(35)36)15-14-28(21,3)16-17-31(20,32)6;;/h8,21-24H,9-19H2,1-7H3,(H,33,34)(H,35,36);;/q;2*+1/p-2/t21-,22?,23?,24-,28+,29?,30-,31+,32+;;/m0../s1. The predicted octanol–water partition coefficient (Wildman–Crippen LogP) is -1.32. The number of carboxylic acids is 2. The molecule has 3 unspecified atom stereocenters. The second kappa shape index (κ2) is 11.0. The average Bonchev–Trinajstić information content (AvgIpc) is 2.79. The molecule has 0 amide bonds. The molecule has 4 saturated carbocycles. The smallest absolute Gasteiger partial charge is 0.550 e. The van der Waals surface area contributed by atoms with Crippen molar-refractivity contribution in [3.05, 3.63) is 11.6 Å². The molecule has 4 fully saturated rings. The van der Waals surface area contributed by atoms with Gasteiger partial charge in [-0.05, 0) is 109 Å². The number of aliphatic carboxylic acids is 2. The molecule has 5 rings (SSSR count). The van der Waals surface area contributed by atoms with Gasteiger partial charge in [0.25, 0.3) is 0 Å². The zero-order valence-electron chi connectivity index (χ0n) is 26.2. The minimum atomic E-state index is -1.14. The Morgan fingerprint density at radius 1 is 0.872 bits per heavy atom. The molecule has 0 N–H and O–H groups in total. The van der Waals surface area contributed by atoms with E-state index in [-0.39, 0.29) is 98.9 Å². The van der Waals surface area contributed by atoms with Crippen molar-refractivity contribution < 1.29 is 83.7 Å². The first kappa shape index (κ1) is 34.1. The minimum Gasteiger partial charge on any atom is -0.550 e. The van der Waals surface area contributed by atoms with E-state index in [0.29, 0.717) is 24.2 Å². The average molecular weight is 559 g/mol. The molecule has 39 heavy (non-hydrogen) atoms. The first-order chi connectivity index (χ1) is 17.0. The maximum Gasteiger partial charge on any atom is 1.00 e. The molecule has 0 radical (unpaired) electrons. The third kappa shape index (κ3) is 4.92. The second-order valence-electron chi connectivity index (χ2n) is 15.6. The number of ether oxygens (including phenoxy) is 1. The Balaban J connectivity index is 0.00000210. The van der Waals surface area contributed by atoms with Crippen molar-refractivity contribution in [3.63, 3.8) is 0 Å². The first-order valence-corrected chi connectivity index (χ1v) is 14.8. The van der Waals surface area contributed by atoms with Crippen molar-refractivity contribution in [2.75, 3.05) is 6.61 Å². The van der Waals surface area contributed by atoms with Crippen LogP contribution in [0.15, 0.2) is 11.6 Å². The van der Waals surface area contributed by atoms with Gasteiger partial charge < -0.3 is 24.5 Å². The number of rotatable bonds is 4. The van der Waals surface area contributed by atoms with Crippen LogP contribution < -0.4 is 69.3 Å². The van der Waals surface area contributed by atoms with Gasteiger partial charge in [-0.25, -0.2) is 0 Å². The summed E-state index contributed by atoms with van der Waals surface area (Å²) >= 11 is 0. The molecule has 5 nitrogen and oxygen atoms in total. The van der Waals surface area contributed by atoms with E-state index in [1.165, 1.54) is 12.8 Å². The summed E-state index contributed by atoms with van der Waals surface area (Å²) in [6.07, 6.45) is 12.5. The third-order valence-electron chi connectivity index (χ3n) is 13.7. The Morgan fingerprint density at radius 3 is 2.13 bits per heavy atom. The summed E-state index contributed by atoms with van der Waals surface area (Å²) in [7, 11) is 0. The fourth-order valence-corrected chi connectivity index (χ4v) is 11.0. The number of carboxylic acid groups (broad SMARTS) is 2. The zero-order chi connectivity index (χ0) is 27.2. The SMILES string of the molecule is CC1(C(=O)[O-])CC[C@]2(C)CC[C@]3(C)C(=CCC4[C@@]5(C)CC[C@H](OCC(=O)[O-])C(C)(C)C5CC[C@]43C)[C@@H]2C1.[Na+].[Na+]. The van der Waals surface area contributed by atoms with Gasteiger partial charge in [0.2, 0.25) is 0 Å². The topological polar surface area (TPSA) is 89.5 Å². The summed E-state index contributed by atoms with van der Waals surface area (Å²) < 4.78 is 5.90. The predicted molar refractivity (Wildman–Crippen MR) is 139 cm³/mol. The van der Waals surface area contributed by atoms with E-state index >= 15 is 0 Å². The maximum absolute atomic E-state index is 12.2. The van der Waals surface area contributed by atoms with Gasteiger partial charge in [0.1, 0.15) is 0 Å². The molecular weight excluding hydrogens is 510 g/mol. The van der Waals surface area contributed by atoms with Gasteiger partial charge in [-0.2, -0.15) is 0 Å². The molecule has 0 saturated heterocycles. The van der Waals surface area contributed by atoms with Crippen LogP contribution in [0.25, 0.3) is 0 Å². The summed E-state index contributed by atoms with van der Waals surface area (Å²) in [4.78, 5) is 23.3. The van der Waals surface area contributed by atoms with Crippen molar-refractivity contribution in [2.45, 2.75) is 119 Å². The molecule has 0 bridgehead atoms. The Hall–Kier alpha value is 0.640. The summed E-state index contributed by atoms with van der Waals surface area (Å²) in [6.45, 7) is 16.2. The summed E-state index contributed by atoms with van der Waals surface area (Å²) in [5, 5.41) is 23.3. The minimum absolute atomic E-state index is 0. The van der Waals surface area contributed by atoms with Crippen LogP contribution in [0.1, 0.15) is 113 Å². The molecule has 9 atom stereocenters. The molecule has 0 spiro atoms. The van der Waals surface area contributed by atoms with Crippen molar-refractivity contribution in [3.8, 4) is 0 Å². The Bertz CT molecular complexity index is 1030. The van der Waals surface area contributed by atoms with E-state index in [4.69, 9.17) is 4.74 Å². The molecule has 208 valence electrons. The number of hydrogen-bond acceptors (Lipinski definition) is 5. The van der Waals surface area contributed by atoms with E-state index in [1.54, 1.807) is 5.57 Å². The summed E-state index contributed by atoms with van der Waals surface area (Å²) in [5.41, 5.74) is 1.30. The molecule has 7 heteroatoms. The largest absolute Gasteiger partial charge is 1.00 e. The van der Waals surface area contributed by atoms with Crippen LogP contribution in [0.4, 0.5) is 0 Å². The van der Waals surface area contributed by atoms with Crippen molar-refractivity contribution >= 4 is 11.9 Å². The normalized spacial score (nSPS) is 47.9. The van der Waals surface area contributed by atoms with E-state index < -0.39 is 17.4 Å². The summed E-state index contributed by atoms with van der Waals surface area (Å²) in [5.74, 6) is -0.678. The van der Waals surface area contributed by atoms with Crippen LogP contribution in [0.2, 0.25) is 0 Å².